The van der Waals surface area contributed by atoms with E-state index in [4.69, 9.17) is 0 Å². The number of hydrogen-bond donors (Lipinski definition) is 2. The lowest BCUT2D eigenvalue weighted by Gasteiger charge is -2.35. The van der Waals surface area contributed by atoms with Gasteiger partial charge in [-0.2, -0.15) is 0 Å². The van der Waals surface area contributed by atoms with Crippen LogP contribution in [-0.2, 0) is 0 Å². The maximum absolute atomic E-state index is 3.56. The van der Waals surface area contributed by atoms with E-state index in [1.807, 2.05) is 12.1 Å². The summed E-state index contributed by atoms with van der Waals surface area (Å²) in [5, 5.41) is 7.12. The second-order valence-electron chi connectivity index (χ2n) is 9.92. The van der Waals surface area contributed by atoms with Crippen LogP contribution < -0.4 is 15.5 Å². The van der Waals surface area contributed by atoms with Gasteiger partial charge in [-0.05, 0) is 83.7 Å². The van der Waals surface area contributed by atoms with Crippen LogP contribution in [-0.4, -0.2) is 6.04 Å². The van der Waals surface area contributed by atoms with Crippen molar-refractivity contribution in [3.63, 3.8) is 0 Å². The average molecular weight is 520 g/mol. The van der Waals surface area contributed by atoms with Crippen LogP contribution in [0.2, 0.25) is 0 Å². The van der Waals surface area contributed by atoms with Gasteiger partial charge < -0.3 is 15.5 Å². The molecule has 4 aromatic rings. The van der Waals surface area contributed by atoms with Gasteiger partial charge in [0, 0.05) is 35.1 Å². The van der Waals surface area contributed by atoms with E-state index in [1.165, 1.54) is 22.3 Å². The zero-order valence-corrected chi connectivity index (χ0v) is 22.4. The van der Waals surface area contributed by atoms with E-state index >= 15 is 0 Å². The number of nitrogens with zero attached hydrogens (tertiary/aromatic N) is 1. The summed E-state index contributed by atoms with van der Waals surface area (Å²) in [7, 11) is 0. The van der Waals surface area contributed by atoms with Gasteiger partial charge in [0.2, 0.25) is 0 Å². The lowest BCUT2D eigenvalue weighted by Crippen LogP contribution is -2.32. The van der Waals surface area contributed by atoms with E-state index in [2.05, 4.69) is 161 Å². The van der Waals surface area contributed by atoms with E-state index in [0.29, 0.717) is 0 Å². The highest BCUT2D eigenvalue weighted by Gasteiger charge is 2.30. The molecule has 1 saturated carbocycles. The lowest BCUT2D eigenvalue weighted by molar-refractivity contribution is 0.894. The quantitative estimate of drug-likeness (QED) is 0.255. The van der Waals surface area contributed by atoms with Gasteiger partial charge in [-0.15, -0.1) is 0 Å². The van der Waals surface area contributed by atoms with Gasteiger partial charge in [0.1, 0.15) is 0 Å². The Morgan fingerprint density at radius 1 is 0.550 bits per heavy atom. The molecule has 3 nitrogen and oxygen atoms in total. The molecule has 0 amide bonds. The summed E-state index contributed by atoms with van der Waals surface area (Å²) in [5.41, 5.74) is 9.71. The van der Waals surface area contributed by atoms with Crippen LogP contribution >= 0.6 is 0 Å². The van der Waals surface area contributed by atoms with Gasteiger partial charge in [-0.25, -0.2) is 0 Å². The Bertz CT molecular complexity index is 1460. The van der Waals surface area contributed by atoms with Crippen LogP contribution in [0.15, 0.2) is 180 Å². The Hall–Kier alpha value is -5.02. The van der Waals surface area contributed by atoms with Crippen LogP contribution in [0.4, 0.5) is 22.7 Å². The second kappa shape index (κ2) is 12.2. The van der Waals surface area contributed by atoms with Gasteiger partial charge in [0.25, 0.3) is 0 Å². The van der Waals surface area contributed by atoms with Gasteiger partial charge in [0.05, 0.1) is 6.04 Å². The van der Waals surface area contributed by atoms with E-state index < -0.39 is 0 Å². The van der Waals surface area contributed by atoms with E-state index in [-0.39, 0.29) is 6.04 Å². The molecule has 0 aromatic heterocycles. The molecule has 3 heteroatoms. The van der Waals surface area contributed by atoms with E-state index in [0.717, 1.165) is 35.6 Å². The molecule has 6 rings (SSSR count). The lowest BCUT2D eigenvalue weighted by atomic mass is 9.90. The number of para-hydroxylation sites is 4. The van der Waals surface area contributed by atoms with E-state index in [1.54, 1.807) is 0 Å². The van der Waals surface area contributed by atoms with Crippen molar-refractivity contribution in [2.45, 2.75) is 18.9 Å². The minimum absolute atomic E-state index is 0.0307. The molecule has 1 fully saturated rings. The van der Waals surface area contributed by atoms with Gasteiger partial charge in [-0.3, -0.25) is 0 Å². The first-order valence-electron chi connectivity index (χ1n) is 13.9. The highest BCUT2D eigenvalue weighted by atomic mass is 15.2. The number of allylic oxidation sites excluding steroid dienone is 5. The van der Waals surface area contributed by atoms with Crippen molar-refractivity contribution < 1.29 is 0 Å². The smallest absolute Gasteiger partial charge is 0.0784 e. The van der Waals surface area contributed by atoms with Crippen LogP contribution in [0.1, 0.15) is 12.8 Å². The first-order valence-corrected chi connectivity index (χ1v) is 13.9. The molecule has 1 unspecified atom stereocenters. The molecule has 2 aliphatic rings. The van der Waals surface area contributed by atoms with Gasteiger partial charge >= 0.3 is 0 Å². The number of rotatable bonds is 7. The van der Waals surface area contributed by atoms with Crippen molar-refractivity contribution in [1.29, 1.82) is 0 Å². The summed E-state index contributed by atoms with van der Waals surface area (Å²) in [6, 6.07) is 42.1. The molecule has 0 aliphatic heterocycles. The maximum atomic E-state index is 3.56. The third-order valence-corrected chi connectivity index (χ3v) is 7.31. The molecular formula is C37H33N3. The topological polar surface area (TPSA) is 27.3 Å². The van der Waals surface area contributed by atoms with E-state index in [9.17, 15) is 0 Å². The predicted molar refractivity (Wildman–Crippen MR) is 170 cm³/mol. The molecule has 0 spiro atoms. The summed E-state index contributed by atoms with van der Waals surface area (Å²) < 4.78 is 0. The van der Waals surface area contributed by atoms with Gasteiger partial charge in [0.15, 0.2) is 0 Å². The summed E-state index contributed by atoms with van der Waals surface area (Å²) >= 11 is 0. The highest BCUT2D eigenvalue weighted by molar-refractivity contribution is 5.71. The highest BCUT2D eigenvalue weighted by Crippen LogP contribution is 2.42. The first kappa shape index (κ1) is 25.3. The molecule has 40 heavy (non-hydrogen) atoms. The van der Waals surface area contributed by atoms with Crippen LogP contribution in [0.3, 0.4) is 0 Å². The number of hydrogen-bond acceptors (Lipinski definition) is 3. The Morgan fingerprint density at radius 3 is 1.48 bits per heavy atom. The first-order chi connectivity index (χ1) is 19.9. The van der Waals surface area contributed by atoms with Crippen LogP contribution in [0, 0.1) is 0 Å². The SMILES string of the molecule is C1=CC(=C2C(=CNc3ccccc3)CCC2=CNc2ccccc2)C(N(c2ccccc2)c2ccccc2)C=C1. The Kier molecular flexibility index (Phi) is 7.72. The molecular weight excluding hydrogens is 486 g/mol. The Labute approximate surface area is 237 Å². The fraction of sp³-hybridized carbons (Fsp3) is 0.0811. The molecule has 0 heterocycles. The molecule has 1 atom stereocenters. The minimum Gasteiger partial charge on any atom is -0.361 e. The molecule has 0 radical (unpaired) electrons. The second-order valence-corrected chi connectivity index (χ2v) is 9.92. The van der Waals surface area contributed by atoms with Crippen molar-refractivity contribution in [2.75, 3.05) is 15.5 Å². The summed E-state index contributed by atoms with van der Waals surface area (Å²) in [6.07, 6.45) is 15.3. The van der Waals surface area contributed by atoms with Crippen molar-refractivity contribution in [2.24, 2.45) is 0 Å². The number of nitrogens with one attached hydrogen (secondary N) is 2. The van der Waals surface area contributed by atoms with Crippen LogP contribution in [0.5, 0.6) is 0 Å². The minimum atomic E-state index is 0.0307. The number of benzene rings is 4. The predicted octanol–water partition coefficient (Wildman–Crippen LogP) is 9.40. The fourth-order valence-corrected chi connectivity index (χ4v) is 5.43. The molecule has 2 aliphatic carbocycles. The monoisotopic (exact) mass is 519 g/mol. The normalized spacial score (nSPS) is 18.4. The molecule has 0 bridgehead atoms. The summed E-state index contributed by atoms with van der Waals surface area (Å²) in [5.74, 6) is 0. The largest absolute Gasteiger partial charge is 0.361 e. The average Bonchev–Trinajstić information content (AvgIpc) is 3.44. The summed E-state index contributed by atoms with van der Waals surface area (Å²) in [4.78, 5) is 2.44. The molecule has 196 valence electrons. The maximum Gasteiger partial charge on any atom is 0.0784 e. The third kappa shape index (κ3) is 5.69. The van der Waals surface area contributed by atoms with Gasteiger partial charge in [-0.1, -0.05) is 97.1 Å². The standard InChI is InChI=1S/C37H33N3/c1-5-15-31(16-6-1)38-27-29-25-26-30(28-39-32-17-7-2-8-18-32)37(29)35-23-13-14-24-36(35)40(33-19-9-3-10-20-33)34-21-11-4-12-22-34/h1-24,27-28,36,38-39H,25-26H2. The molecule has 0 saturated heterocycles. The van der Waals surface area contributed by atoms with Crippen molar-refractivity contribution in [1.82, 2.24) is 0 Å². The Balaban J connectivity index is 1.47. The Morgan fingerprint density at radius 2 is 1.00 bits per heavy atom. The van der Waals surface area contributed by atoms with Crippen molar-refractivity contribution >= 4 is 22.7 Å². The molecule has 2 N–H and O–H groups in total. The number of anilines is 4. The zero-order chi connectivity index (χ0) is 27.0. The van der Waals surface area contributed by atoms with Crippen LogP contribution in [0.25, 0.3) is 0 Å². The summed E-state index contributed by atoms with van der Waals surface area (Å²) in [6.45, 7) is 0. The molecule has 4 aromatic carbocycles. The third-order valence-electron chi connectivity index (χ3n) is 7.31. The van der Waals surface area contributed by atoms with Crippen molar-refractivity contribution in [3.8, 4) is 0 Å². The fourth-order valence-electron chi connectivity index (χ4n) is 5.43. The zero-order valence-electron chi connectivity index (χ0n) is 22.4. The van der Waals surface area contributed by atoms with Crippen molar-refractivity contribution in [3.05, 3.63) is 180 Å².